The molecule has 0 fully saturated rings. The summed E-state index contributed by atoms with van der Waals surface area (Å²) in [6, 6.07) is 2.52. The van der Waals surface area contributed by atoms with Crippen LogP contribution in [0, 0.1) is 24.7 Å². The van der Waals surface area contributed by atoms with Crippen molar-refractivity contribution < 1.29 is 19.1 Å². The van der Waals surface area contributed by atoms with E-state index in [1.165, 1.54) is 12.1 Å². The van der Waals surface area contributed by atoms with Gasteiger partial charge in [0.05, 0.1) is 11.1 Å². The third kappa shape index (κ3) is 3.90. The second kappa shape index (κ2) is 8.17. The number of nitrogens with two attached hydrogens (primary N) is 2. The highest BCUT2D eigenvalue weighted by Crippen LogP contribution is 2.29. The highest BCUT2D eigenvalue weighted by molar-refractivity contribution is 6.02. The van der Waals surface area contributed by atoms with Crippen LogP contribution >= 0.6 is 0 Å². The van der Waals surface area contributed by atoms with Gasteiger partial charge in [-0.25, -0.2) is 11.7 Å². The summed E-state index contributed by atoms with van der Waals surface area (Å²) in [4.78, 5) is 23.6. The number of hydrogen-bond donors (Lipinski definition) is 4. The van der Waals surface area contributed by atoms with Gasteiger partial charge >= 0.3 is 0 Å². The van der Waals surface area contributed by atoms with E-state index in [4.69, 9.17) is 34.0 Å². The van der Waals surface area contributed by atoms with Crippen molar-refractivity contribution in [1.29, 1.82) is 0 Å². The molecule has 6 N–H and O–H groups in total. The molecule has 1 aromatic carbocycles. The van der Waals surface area contributed by atoms with Gasteiger partial charge in [0.25, 0.3) is 11.8 Å². The molecule has 0 saturated heterocycles. The summed E-state index contributed by atoms with van der Waals surface area (Å²) < 4.78 is 10.5. The molecule has 0 aromatic heterocycles. The quantitative estimate of drug-likeness (QED) is 0.229. The zero-order valence-corrected chi connectivity index (χ0v) is 11.5. The highest BCUT2D eigenvalue weighted by Gasteiger charge is 2.20. The van der Waals surface area contributed by atoms with E-state index in [1.54, 1.807) is 0 Å². The maximum atomic E-state index is 11.8. The Morgan fingerprint density at radius 2 is 1.32 bits per heavy atom. The van der Waals surface area contributed by atoms with Gasteiger partial charge in [0.15, 0.2) is 0 Å². The van der Waals surface area contributed by atoms with Gasteiger partial charge in [0.1, 0.15) is 24.7 Å². The Morgan fingerprint density at radius 1 is 0.955 bits per heavy atom. The molecule has 0 spiro atoms. The smallest absolute Gasteiger partial charge is 0.269 e. The maximum Gasteiger partial charge on any atom is 0.269 e. The second-order valence-electron chi connectivity index (χ2n) is 3.78. The first-order valence-corrected chi connectivity index (χ1v) is 5.91. The molecule has 0 saturated carbocycles. The summed E-state index contributed by atoms with van der Waals surface area (Å²) in [6.07, 6.45) is 10.2. The summed E-state index contributed by atoms with van der Waals surface area (Å²) in [6.45, 7) is -0.224. The number of terminal acetylenes is 2. The molecule has 0 radical (unpaired) electrons. The van der Waals surface area contributed by atoms with Gasteiger partial charge in [-0.05, 0) is 12.1 Å². The van der Waals surface area contributed by atoms with Crippen molar-refractivity contribution in [3.63, 3.8) is 0 Å². The molecule has 0 heterocycles. The fraction of sp³-hybridized carbons (Fsp3) is 0.143. The van der Waals surface area contributed by atoms with Crippen molar-refractivity contribution in [1.82, 2.24) is 10.9 Å². The zero-order valence-electron chi connectivity index (χ0n) is 11.5. The highest BCUT2D eigenvalue weighted by atomic mass is 16.5. The van der Waals surface area contributed by atoms with Gasteiger partial charge in [-0.2, -0.15) is 0 Å². The predicted molar refractivity (Wildman–Crippen MR) is 78.4 cm³/mol. The number of rotatable bonds is 6. The van der Waals surface area contributed by atoms with Crippen LogP contribution in [0.3, 0.4) is 0 Å². The monoisotopic (exact) mass is 302 g/mol. The molecule has 1 aromatic rings. The number of nitrogens with one attached hydrogen (secondary N) is 2. The Hall–Kier alpha value is -3.20. The fourth-order valence-corrected chi connectivity index (χ4v) is 1.55. The summed E-state index contributed by atoms with van der Waals surface area (Å²) in [5.74, 6) is 13.5. The molecule has 2 amide bonds. The Bertz CT molecular complexity index is 600. The lowest BCUT2D eigenvalue weighted by Gasteiger charge is -2.14. The molecule has 0 unspecified atom stereocenters. The molecule has 22 heavy (non-hydrogen) atoms. The molecule has 0 bridgehead atoms. The van der Waals surface area contributed by atoms with E-state index >= 15 is 0 Å². The van der Waals surface area contributed by atoms with Crippen LogP contribution in [0.1, 0.15) is 20.7 Å². The third-order valence-corrected chi connectivity index (χ3v) is 2.46. The van der Waals surface area contributed by atoms with Gasteiger partial charge in [-0.3, -0.25) is 20.4 Å². The van der Waals surface area contributed by atoms with Crippen LogP contribution in [-0.2, 0) is 0 Å². The van der Waals surface area contributed by atoms with E-state index in [9.17, 15) is 9.59 Å². The number of carbonyl (C=O) groups is 2. The van der Waals surface area contributed by atoms with Crippen molar-refractivity contribution in [2.45, 2.75) is 0 Å². The molecule has 0 aliphatic heterocycles. The van der Waals surface area contributed by atoms with E-state index in [2.05, 4.69) is 11.8 Å². The van der Waals surface area contributed by atoms with Crippen LogP contribution in [0.4, 0.5) is 0 Å². The molecule has 114 valence electrons. The number of hydrazine groups is 2. The van der Waals surface area contributed by atoms with E-state index in [0.717, 1.165) is 0 Å². The number of nitrogen functional groups attached to an aromatic ring is 2. The number of hydrogen-bond acceptors (Lipinski definition) is 6. The zero-order chi connectivity index (χ0) is 16.5. The van der Waals surface area contributed by atoms with E-state index in [0.29, 0.717) is 0 Å². The molecular formula is C14H14N4O4. The largest absolute Gasteiger partial charge is 0.480 e. The molecule has 0 aliphatic rings. The standard InChI is InChI=1S/C14H14N4O4/c1-3-5-21-11-7-10(14(20)18-16)12(22-6-4-2)8-9(11)13(19)17-15/h1-2,7-8H,5-6,15-16H2,(H,17,19)(H,18,20). The Balaban J connectivity index is 3.42. The van der Waals surface area contributed by atoms with Crippen LogP contribution in [-0.4, -0.2) is 25.0 Å². The second-order valence-corrected chi connectivity index (χ2v) is 3.78. The summed E-state index contributed by atoms with van der Waals surface area (Å²) >= 11 is 0. The lowest BCUT2D eigenvalue weighted by Crippen LogP contribution is -2.32. The molecule has 8 nitrogen and oxygen atoms in total. The number of carbonyl (C=O) groups excluding carboxylic acids is 2. The molecule has 0 aliphatic carbocycles. The minimum Gasteiger partial charge on any atom is -0.480 e. The Morgan fingerprint density at radius 3 is 1.59 bits per heavy atom. The van der Waals surface area contributed by atoms with E-state index < -0.39 is 11.8 Å². The van der Waals surface area contributed by atoms with Crippen LogP contribution < -0.4 is 32.0 Å². The topological polar surface area (TPSA) is 129 Å². The maximum absolute atomic E-state index is 11.8. The Kier molecular flexibility index (Phi) is 6.26. The number of ether oxygens (including phenoxy) is 2. The molecular weight excluding hydrogens is 288 g/mol. The van der Waals surface area contributed by atoms with Gasteiger partial charge in [-0.15, -0.1) is 12.8 Å². The number of amides is 2. The van der Waals surface area contributed by atoms with Crippen LogP contribution in [0.25, 0.3) is 0 Å². The number of benzene rings is 1. The predicted octanol–water partition coefficient (Wildman–Crippen LogP) is -1.08. The first-order chi connectivity index (χ1) is 10.6. The normalized spacial score (nSPS) is 9.09. The van der Waals surface area contributed by atoms with Gasteiger partial charge in [-0.1, -0.05) is 11.8 Å². The summed E-state index contributed by atoms with van der Waals surface area (Å²) in [5, 5.41) is 0. The lowest BCUT2D eigenvalue weighted by molar-refractivity contribution is 0.0935. The van der Waals surface area contributed by atoms with Gasteiger partial charge in [0, 0.05) is 0 Å². The molecule has 8 heteroatoms. The van der Waals surface area contributed by atoms with Crippen molar-refractivity contribution in [2.24, 2.45) is 11.7 Å². The minimum absolute atomic E-state index is 0.0262. The van der Waals surface area contributed by atoms with Crippen molar-refractivity contribution >= 4 is 11.8 Å². The first kappa shape index (κ1) is 16.9. The lowest BCUT2D eigenvalue weighted by atomic mass is 10.1. The van der Waals surface area contributed by atoms with Crippen LogP contribution in [0.15, 0.2) is 12.1 Å². The van der Waals surface area contributed by atoms with E-state index in [1.807, 2.05) is 10.9 Å². The minimum atomic E-state index is -0.655. The van der Waals surface area contributed by atoms with E-state index in [-0.39, 0.29) is 35.8 Å². The van der Waals surface area contributed by atoms with Crippen LogP contribution in [0.2, 0.25) is 0 Å². The first-order valence-electron chi connectivity index (χ1n) is 5.91. The van der Waals surface area contributed by atoms with Crippen molar-refractivity contribution in [3.05, 3.63) is 23.3 Å². The average Bonchev–Trinajstić information content (AvgIpc) is 2.56. The van der Waals surface area contributed by atoms with Gasteiger partial charge < -0.3 is 9.47 Å². The van der Waals surface area contributed by atoms with Crippen LogP contribution in [0.5, 0.6) is 11.5 Å². The summed E-state index contributed by atoms with van der Waals surface area (Å²) in [5.41, 5.74) is 3.96. The third-order valence-electron chi connectivity index (χ3n) is 2.46. The SMILES string of the molecule is C#CCOc1cc(C(=O)NN)c(OCC#C)cc1C(=O)NN. The van der Waals surface area contributed by atoms with Crippen molar-refractivity contribution in [3.8, 4) is 36.2 Å². The van der Waals surface area contributed by atoms with Crippen molar-refractivity contribution in [2.75, 3.05) is 13.2 Å². The fourth-order valence-electron chi connectivity index (χ4n) is 1.55. The van der Waals surface area contributed by atoms with Gasteiger partial charge in [0.2, 0.25) is 0 Å². The average molecular weight is 302 g/mol. The summed E-state index contributed by atoms with van der Waals surface area (Å²) in [7, 11) is 0. The molecule has 0 atom stereocenters. The Labute approximate surface area is 127 Å². The molecule has 1 rings (SSSR count).